The van der Waals surface area contributed by atoms with Gasteiger partial charge in [0.2, 0.25) is 5.88 Å². The number of benzene rings is 1. The van der Waals surface area contributed by atoms with Gasteiger partial charge < -0.3 is 15.2 Å². The maximum absolute atomic E-state index is 13.1. The summed E-state index contributed by atoms with van der Waals surface area (Å²) in [5.74, 6) is -1.00. The average Bonchev–Trinajstić information content (AvgIpc) is 2.81. The highest BCUT2D eigenvalue weighted by Gasteiger charge is 2.38. The van der Waals surface area contributed by atoms with Gasteiger partial charge in [0.05, 0.1) is 29.4 Å². The molecule has 9 heteroatoms. The normalized spacial score (nSPS) is 15.4. The van der Waals surface area contributed by atoms with E-state index in [2.05, 4.69) is 33.1 Å². The number of thioether (sulfide) groups is 1. The number of esters is 1. The predicted octanol–water partition coefficient (Wildman–Crippen LogP) is 5.06. The van der Waals surface area contributed by atoms with Crippen molar-refractivity contribution >= 4 is 33.7 Å². The summed E-state index contributed by atoms with van der Waals surface area (Å²) in [6, 6.07) is 11.6. The number of carbonyl (C=O) groups is 1. The van der Waals surface area contributed by atoms with E-state index in [-0.39, 0.29) is 35.1 Å². The van der Waals surface area contributed by atoms with Gasteiger partial charge >= 0.3 is 5.97 Å². The lowest BCUT2D eigenvalue weighted by Crippen LogP contribution is -2.27. The summed E-state index contributed by atoms with van der Waals surface area (Å²) in [5, 5.41) is 20.1. The molecule has 0 radical (unpaired) electrons. The Hall–Kier alpha value is -3.27. The van der Waals surface area contributed by atoms with Gasteiger partial charge in [-0.05, 0) is 50.5 Å². The third-order valence-corrected chi connectivity index (χ3v) is 7.32. The summed E-state index contributed by atoms with van der Waals surface area (Å²) < 4.78 is 11.9. The van der Waals surface area contributed by atoms with Crippen molar-refractivity contribution in [3.8, 4) is 12.1 Å². The number of pyridine rings is 1. The number of aryl methyl sites for hydroxylation is 1. The standard InChI is InChI=1S/C25H23BrN4O3S/c1-5-32-25(31)22-20(12-34-24-17(10-27)14(3)13(2)15(4)30-24)33-23(29)18(11-28)21(22)16-8-6-7-9-19(16)26/h6-9,21H,5,12,29H2,1-4H3. The minimum absolute atomic E-state index is 0.0726. The lowest BCUT2D eigenvalue weighted by Gasteiger charge is -2.28. The highest BCUT2D eigenvalue weighted by atomic mass is 79.9. The van der Waals surface area contributed by atoms with Gasteiger partial charge in [-0.3, -0.25) is 0 Å². The Morgan fingerprint density at radius 3 is 2.56 bits per heavy atom. The molecule has 0 saturated heterocycles. The molecule has 0 saturated carbocycles. The topological polar surface area (TPSA) is 122 Å². The molecule has 174 valence electrons. The van der Waals surface area contributed by atoms with Crippen molar-refractivity contribution in [1.29, 1.82) is 10.5 Å². The lowest BCUT2D eigenvalue weighted by atomic mass is 9.83. The molecule has 1 aliphatic rings. The maximum Gasteiger partial charge on any atom is 0.338 e. The quantitative estimate of drug-likeness (QED) is 0.400. The number of aromatic nitrogens is 1. The van der Waals surface area contributed by atoms with E-state index in [4.69, 9.17) is 15.2 Å². The third kappa shape index (κ3) is 4.82. The van der Waals surface area contributed by atoms with E-state index >= 15 is 0 Å². The van der Waals surface area contributed by atoms with E-state index in [1.54, 1.807) is 6.92 Å². The Kier molecular flexibility index (Phi) is 8.03. The largest absolute Gasteiger partial charge is 0.463 e. The van der Waals surface area contributed by atoms with E-state index in [9.17, 15) is 15.3 Å². The highest BCUT2D eigenvalue weighted by molar-refractivity contribution is 9.10. The second kappa shape index (κ2) is 10.8. The Morgan fingerprint density at radius 1 is 1.24 bits per heavy atom. The fraction of sp³-hybridized carbons (Fsp3) is 0.280. The molecular formula is C25H23BrN4O3S. The SMILES string of the molecule is CCOC(=O)C1=C(CSc2nc(C)c(C)c(C)c2C#N)OC(N)=C(C#N)C1c1ccccc1Br. The molecule has 0 bridgehead atoms. The number of allylic oxidation sites excluding steroid dienone is 1. The molecule has 2 N–H and O–H groups in total. The smallest absolute Gasteiger partial charge is 0.338 e. The lowest BCUT2D eigenvalue weighted by molar-refractivity contribution is -0.139. The van der Waals surface area contributed by atoms with Crippen LogP contribution in [0.1, 0.15) is 40.8 Å². The van der Waals surface area contributed by atoms with E-state index in [1.165, 1.54) is 11.8 Å². The molecule has 1 unspecified atom stereocenters. The molecule has 1 aliphatic heterocycles. The van der Waals surface area contributed by atoms with Crippen molar-refractivity contribution in [1.82, 2.24) is 4.98 Å². The zero-order valence-electron chi connectivity index (χ0n) is 19.2. The fourth-order valence-electron chi connectivity index (χ4n) is 3.66. The Balaban J connectivity index is 2.14. The third-order valence-electron chi connectivity index (χ3n) is 5.62. The van der Waals surface area contributed by atoms with Crippen molar-refractivity contribution in [2.24, 2.45) is 5.73 Å². The number of nitriles is 2. The summed E-state index contributed by atoms with van der Waals surface area (Å²) in [7, 11) is 0. The molecule has 0 amide bonds. The minimum Gasteiger partial charge on any atom is -0.463 e. The molecule has 2 heterocycles. The van der Waals surface area contributed by atoms with Crippen molar-refractivity contribution in [2.75, 3.05) is 12.4 Å². The van der Waals surface area contributed by atoms with Gasteiger partial charge in [0, 0.05) is 10.2 Å². The second-order valence-corrected chi connectivity index (χ2v) is 9.35. The van der Waals surface area contributed by atoms with Crippen LogP contribution in [0.5, 0.6) is 0 Å². The minimum atomic E-state index is -0.770. The van der Waals surface area contributed by atoms with Crippen LogP contribution in [0.4, 0.5) is 0 Å². The molecule has 34 heavy (non-hydrogen) atoms. The first-order valence-electron chi connectivity index (χ1n) is 10.5. The summed E-state index contributed by atoms with van der Waals surface area (Å²) in [6.07, 6.45) is 0. The first-order valence-corrected chi connectivity index (χ1v) is 12.3. The number of halogens is 1. The zero-order valence-corrected chi connectivity index (χ0v) is 21.6. The average molecular weight is 539 g/mol. The molecule has 0 spiro atoms. The van der Waals surface area contributed by atoms with Gasteiger partial charge in [0.25, 0.3) is 0 Å². The van der Waals surface area contributed by atoms with E-state index in [0.29, 0.717) is 16.2 Å². The van der Waals surface area contributed by atoms with E-state index < -0.39 is 11.9 Å². The first-order chi connectivity index (χ1) is 16.2. The molecule has 2 aromatic rings. The van der Waals surface area contributed by atoms with Gasteiger partial charge in [-0.15, -0.1) is 0 Å². The highest BCUT2D eigenvalue weighted by Crippen LogP contribution is 2.43. The van der Waals surface area contributed by atoms with Crippen LogP contribution in [0, 0.1) is 43.4 Å². The monoisotopic (exact) mass is 538 g/mol. The van der Waals surface area contributed by atoms with Gasteiger partial charge in [-0.2, -0.15) is 10.5 Å². The molecule has 0 aliphatic carbocycles. The van der Waals surface area contributed by atoms with Crippen LogP contribution in [0.2, 0.25) is 0 Å². The van der Waals surface area contributed by atoms with Crippen LogP contribution in [0.15, 0.2) is 56.6 Å². The van der Waals surface area contributed by atoms with Crippen molar-refractivity contribution < 1.29 is 14.3 Å². The summed E-state index contributed by atoms with van der Waals surface area (Å²) in [6.45, 7) is 7.56. The molecule has 1 atom stereocenters. The van der Waals surface area contributed by atoms with Crippen LogP contribution in [0.25, 0.3) is 0 Å². The van der Waals surface area contributed by atoms with Crippen molar-refractivity contribution in [2.45, 2.75) is 38.6 Å². The number of carbonyl (C=O) groups excluding carboxylic acids is 1. The Bertz CT molecular complexity index is 1300. The first kappa shape index (κ1) is 25.4. The van der Waals surface area contributed by atoms with E-state index in [0.717, 1.165) is 21.3 Å². The van der Waals surface area contributed by atoms with Crippen LogP contribution in [0.3, 0.4) is 0 Å². The second-order valence-electron chi connectivity index (χ2n) is 7.53. The van der Waals surface area contributed by atoms with Gasteiger partial charge in [0.15, 0.2) is 0 Å². The van der Waals surface area contributed by atoms with Crippen LogP contribution in [-0.2, 0) is 14.3 Å². The number of ether oxygens (including phenoxy) is 2. The fourth-order valence-corrected chi connectivity index (χ4v) is 5.20. The number of nitrogens with zero attached hydrogens (tertiary/aromatic N) is 3. The van der Waals surface area contributed by atoms with Crippen LogP contribution < -0.4 is 5.73 Å². The van der Waals surface area contributed by atoms with Crippen LogP contribution >= 0.6 is 27.7 Å². The van der Waals surface area contributed by atoms with Crippen molar-refractivity contribution in [3.05, 3.63) is 79.5 Å². The van der Waals surface area contributed by atoms with Crippen molar-refractivity contribution in [3.63, 3.8) is 0 Å². The van der Waals surface area contributed by atoms with Gasteiger partial charge in [-0.25, -0.2) is 9.78 Å². The summed E-state index contributed by atoms with van der Waals surface area (Å²) in [5.41, 5.74) is 10.3. The number of rotatable bonds is 6. The molecule has 3 rings (SSSR count). The number of hydrogen-bond donors (Lipinski definition) is 1. The van der Waals surface area contributed by atoms with Gasteiger partial charge in [-0.1, -0.05) is 45.9 Å². The number of hydrogen-bond acceptors (Lipinski definition) is 8. The Morgan fingerprint density at radius 2 is 1.94 bits per heavy atom. The number of nitrogens with two attached hydrogens (primary N) is 1. The molecule has 7 nitrogen and oxygen atoms in total. The maximum atomic E-state index is 13.1. The Labute approximate surface area is 211 Å². The summed E-state index contributed by atoms with van der Waals surface area (Å²) in [4.78, 5) is 17.7. The zero-order chi connectivity index (χ0) is 25.0. The molecule has 1 aromatic heterocycles. The predicted molar refractivity (Wildman–Crippen MR) is 132 cm³/mol. The molecule has 1 aromatic carbocycles. The molecular weight excluding hydrogens is 516 g/mol. The van der Waals surface area contributed by atoms with E-state index in [1.807, 2.05) is 45.0 Å². The van der Waals surface area contributed by atoms with Crippen LogP contribution in [-0.4, -0.2) is 23.3 Å². The molecule has 0 fully saturated rings. The van der Waals surface area contributed by atoms with Gasteiger partial charge in [0.1, 0.15) is 28.5 Å². The summed E-state index contributed by atoms with van der Waals surface area (Å²) >= 11 is 4.79.